The van der Waals surface area contributed by atoms with Crippen LogP contribution in [0.3, 0.4) is 0 Å². The Morgan fingerprint density at radius 3 is 2.59 bits per heavy atom. The molecule has 0 aromatic carbocycles. The van der Waals surface area contributed by atoms with E-state index in [4.69, 9.17) is 5.11 Å². The van der Waals surface area contributed by atoms with Gasteiger partial charge in [-0.3, -0.25) is 4.79 Å². The maximum atomic E-state index is 12.0. The molecule has 1 aromatic rings. The monoisotopic (exact) mass is 238 g/mol. The smallest absolute Gasteiger partial charge is 0.244 e. The number of nitrogens with zero attached hydrogens (tertiary/aromatic N) is 4. The van der Waals surface area contributed by atoms with Crippen LogP contribution < -0.4 is 0 Å². The number of likely N-dealkylation sites (tertiary alicyclic amines) is 1. The van der Waals surface area contributed by atoms with Gasteiger partial charge in [-0.15, -0.1) is 5.10 Å². The quantitative estimate of drug-likeness (QED) is 0.815. The highest BCUT2D eigenvalue weighted by Gasteiger charge is 2.16. The molecular weight excluding hydrogens is 220 g/mol. The van der Waals surface area contributed by atoms with Crippen molar-refractivity contribution in [2.24, 2.45) is 0 Å². The number of amides is 1. The molecule has 6 nitrogen and oxygen atoms in total. The minimum atomic E-state index is -0.141. The van der Waals surface area contributed by atoms with E-state index in [0.717, 1.165) is 25.9 Å². The van der Waals surface area contributed by atoms with Crippen molar-refractivity contribution in [2.45, 2.75) is 38.8 Å². The number of aliphatic hydroxyl groups is 1. The Hall–Kier alpha value is -1.43. The van der Waals surface area contributed by atoms with Crippen molar-refractivity contribution in [3.63, 3.8) is 0 Å². The summed E-state index contributed by atoms with van der Waals surface area (Å²) in [5, 5.41) is 16.4. The van der Waals surface area contributed by atoms with E-state index in [-0.39, 0.29) is 19.1 Å². The van der Waals surface area contributed by atoms with Crippen molar-refractivity contribution in [3.05, 3.63) is 11.9 Å². The molecule has 0 unspecified atom stereocenters. The predicted octanol–water partition coefficient (Wildman–Crippen LogP) is 0.173. The Kier molecular flexibility index (Phi) is 4.08. The lowest BCUT2D eigenvalue weighted by atomic mass is 10.2. The van der Waals surface area contributed by atoms with Gasteiger partial charge in [-0.25, -0.2) is 4.68 Å². The second-order valence-electron chi connectivity index (χ2n) is 4.36. The molecule has 1 amide bonds. The van der Waals surface area contributed by atoms with Crippen molar-refractivity contribution >= 4 is 5.91 Å². The van der Waals surface area contributed by atoms with Crippen molar-refractivity contribution in [1.82, 2.24) is 19.9 Å². The fraction of sp³-hybridized carbons (Fsp3) is 0.727. The van der Waals surface area contributed by atoms with Gasteiger partial charge in [0.25, 0.3) is 0 Å². The van der Waals surface area contributed by atoms with E-state index in [1.165, 1.54) is 17.5 Å². The highest BCUT2D eigenvalue weighted by Crippen LogP contribution is 2.10. The molecule has 0 bridgehead atoms. The zero-order valence-corrected chi connectivity index (χ0v) is 9.88. The van der Waals surface area contributed by atoms with Crippen molar-refractivity contribution in [1.29, 1.82) is 0 Å². The van der Waals surface area contributed by atoms with Gasteiger partial charge >= 0.3 is 0 Å². The van der Waals surface area contributed by atoms with Crippen LogP contribution in [0.2, 0.25) is 0 Å². The fourth-order valence-electron chi connectivity index (χ4n) is 2.05. The van der Waals surface area contributed by atoms with Crippen LogP contribution in [0.15, 0.2) is 6.20 Å². The molecule has 94 valence electrons. The van der Waals surface area contributed by atoms with E-state index in [0.29, 0.717) is 5.69 Å². The summed E-state index contributed by atoms with van der Waals surface area (Å²) in [6, 6.07) is 0. The summed E-state index contributed by atoms with van der Waals surface area (Å²) in [5.41, 5.74) is 0.494. The first-order valence-corrected chi connectivity index (χ1v) is 6.07. The number of carbonyl (C=O) groups excluding carboxylic acids is 1. The van der Waals surface area contributed by atoms with Gasteiger partial charge in [-0.05, 0) is 12.8 Å². The molecule has 0 aliphatic carbocycles. The van der Waals surface area contributed by atoms with E-state index in [1.54, 1.807) is 6.20 Å². The van der Waals surface area contributed by atoms with Crippen molar-refractivity contribution < 1.29 is 9.90 Å². The summed E-state index contributed by atoms with van der Waals surface area (Å²) in [6.07, 6.45) is 6.20. The van der Waals surface area contributed by atoms with E-state index < -0.39 is 0 Å². The summed E-state index contributed by atoms with van der Waals surface area (Å²) in [5.74, 6) is 0.0845. The Labute approximate surface area is 100 Å². The molecule has 1 aromatic heterocycles. The SMILES string of the molecule is O=C(Cn1cc(CO)nn1)N1CCCCCC1. The number of hydrogen-bond acceptors (Lipinski definition) is 4. The highest BCUT2D eigenvalue weighted by atomic mass is 16.3. The second-order valence-corrected chi connectivity index (χ2v) is 4.36. The van der Waals surface area contributed by atoms with Gasteiger partial charge in [0.1, 0.15) is 12.2 Å². The summed E-state index contributed by atoms with van der Waals surface area (Å²) in [6.45, 7) is 1.77. The first kappa shape index (κ1) is 12.0. The minimum absolute atomic E-state index is 0.0845. The van der Waals surface area contributed by atoms with E-state index in [2.05, 4.69) is 10.3 Å². The molecule has 0 spiro atoms. The summed E-state index contributed by atoms with van der Waals surface area (Å²) in [7, 11) is 0. The van der Waals surface area contributed by atoms with Crippen LogP contribution in [0.4, 0.5) is 0 Å². The first-order valence-electron chi connectivity index (χ1n) is 6.07. The lowest BCUT2D eigenvalue weighted by Crippen LogP contribution is -2.34. The third-order valence-corrected chi connectivity index (χ3v) is 3.00. The van der Waals surface area contributed by atoms with Crippen LogP contribution in [0.25, 0.3) is 0 Å². The summed E-state index contributed by atoms with van der Waals surface area (Å²) in [4.78, 5) is 13.9. The molecule has 1 N–H and O–H groups in total. The third kappa shape index (κ3) is 3.26. The molecule has 2 heterocycles. The number of rotatable bonds is 3. The van der Waals surface area contributed by atoms with Gasteiger partial charge in [0.15, 0.2) is 0 Å². The lowest BCUT2D eigenvalue weighted by Gasteiger charge is -2.19. The normalized spacial score (nSPS) is 16.9. The third-order valence-electron chi connectivity index (χ3n) is 3.00. The van der Waals surface area contributed by atoms with Gasteiger partial charge in [0, 0.05) is 13.1 Å². The van der Waals surface area contributed by atoms with Crippen molar-refractivity contribution in [3.8, 4) is 0 Å². The van der Waals surface area contributed by atoms with Crippen molar-refractivity contribution in [2.75, 3.05) is 13.1 Å². The van der Waals surface area contributed by atoms with Gasteiger partial charge in [-0.2, -0.15) is 0 Å². The predicted molar refractivity (Wildman–Crippen MR) is 61.0 cm³/mol. The molecule has 2 rings (SSSR count). The average molecular weight is 238 g/mol. The van der Waals surface area contributed by atoms with Crippen LogP contribution in [0.1, 0.15) is 31.4 Å². The Balaban J connectivity index is 1.90. The molecule has 6 heteroatoms. The maximum Gasteiger partial charge on any atom is 0.244 e. The molecule has 1 aliphatic heterocycles. The lowest BCUT2D eigenvalue weighted by molar-refractivity contribution is -0.132. The summed E-state index contributed by atoms with van der Waals surface area (Å²) >= 11 is 0. The van der Waals surface area contributed by atoms with Crippen LogP contribution in [-0.2, 0) is 17.9 Å². The number of aliphatic hydroxyl groups excluding tert-OH is 1. The minimum Gasteiger partial charge on any atom is -0.390 e. The maximum absolute atomic E-state index is 12.0. The van der Waals surface area contributed by atoms with Crippen LogP contribution in [-0.4, -0.2) is 44.0 Å². The standard InChI is InChI=1S/C11H18N4O2/c16-9-10-7-15(13-12-10)8-11(17)14-5-3-1-2-4-6-14/h7,16H,1-6,8-9H2. The molecule has 0 saturated carbocycles. The van der Waals surface area contributed by atoms with Crippen LogP contribution in [0, 0.1) is 0 Å². The Bertz CT molecular complexity index is 369. The molecule has 1 aliphatic rings. The van der Waals surface area contributed by atoms with E-state index in [1.807, 2.05) is 4.90 Å². The van der Waals surface area contributed by atoms with Gasteiger partial charge in [0.2, 0.25) is 5.91 Å². The topological polar surface area (TPSA) is 71.2 Å². The molecule has 17 heavy (non-hydrogen) atoms. The number of carbonyl (C=O) groups is 1. The van der Waals surface area contributed by atoms with E-state index >= 15 is 0 Å². The molecule has 0 atom stereocenters. The van der Waals surface area contributed by atoms with Gasteiger partial charge < -0.3 is 10.0 Å². The molecule has 0 radical (unpaired) electrons. The summed E-state index contributed by atoms with van der Waals surface area (Å²) < 4.78 is 1.48. The van der Waals surface area contributed by atoms with Crippen LogP contribution >= 0.6 is 0 Å². The number of aromatic nitrogens is 3. The average Bonchev–Trinajstić information content (AvgIpc) is 2.62. The van der Waals surface area contributed by atoms with Gasteiger partial charge in [-0.1, -0.05) is 18.1 Å². The molecule has 1 saturated heterocycles. The van der Waals surface area contributed by atoms with Gasteiger partial charge in [0.05, 0.1) is 12.8 Å². The largest absolute Gasteiger partial charge is 0.390 e. The Morgan fingerprint density at radius 2 is 2.00 bits per heavy atom. The number of hydrogen-bond donors (Lipinski definition) is 1. The van der Waals surface area contributed by atoms with Crippen LogP contribution in [0.5, 0.6) is 0 Å². The highest BCUT2D eigenvalue weighted by molar-refractivity contribution is 5.75. The Morgan fingerprint density at radius 1 is 1.29 bits per heavy atom. The molecular formula is C11H18N4O2. The molecule has 1 fully saturated rings. The van der Waals surface area contributed by atoms with E-state index in [9.17, 15) is 4.79 Å². The zero-order valence-electron chi connectivity index (χ0n) is 9.88. The zero-order chi connectivity index (χ0) is 12.1. The second kappa shape index (κ2) is 5.77. The fourth-order valence-corrected chi connectivity index (χ4v) is 2.05. The first-order chi connectivity index (χ1) is 8.29.